The van der Waals surface area contributed by atoms with Crippen LogP contribution in [0.25, 0.3) is 11.3 Å². The number of carboxylic acid groups (broad SMARTS) is 1. The number of benzene rings is 1. The van der Waals surface area contributed by atoms with E-state index in [1.165, 1.54) is 0 Å². The summed E-state index contributed by atoms with van der Waals surface area (Å²) in [7, 11) is -0.452. The summed E-state index contributed by atoms with van der Waals surface area (Å²) in [4.78, 5) is 10.9. The molecule has 1 amide bonds. The van der Waals surface area contributed by atoms with Crippen molar-refractivity contribution in [2.75, 3.05) is 5.32 Å². The van der Waals surface area contributed by atoms with Crippen LogP contribution in [0.1, 0.15) is 33.4 Å². The molecule has 1 fully saturated rings. The number of aromatic nitrogens is 1. The Balaban J connectivity index is 1.86. The first-order valence-electron chi connectivity index (χ1n) is 8.03. The average Bonchev–Trinajstić information content (AvgIpc) is 2.96. The van der Waals surface area contributed by atoms with E-state index in [-0.39, 0.29) is 0 Å². The van der Waals surface area contributed by atoms with Gasteiger partial charge in [-0.3, -0.25) is 5.32 Å². The topological polar surface area (TPSA) is 93.8 Å². The van der Waals surface area contributed by atoms with Gasteiger partial charge in [0.05, 0.1) is 11.2 Å². The molecule has 8 heteroatoms. The van der Waals surface area contributed by atoms with Gasteiger partial charge in [-0.2, -0.15) is 0 Å². The van der Waals surface area contributed by atoms with Gasteiger partial charge in [0, 0.05) is 5.56 Å². The van der Waals surface area contributed by atoms with Gasteiger partial charge in [-0.15, -0.1) is 0 Å². The Labute approximate surface area is 146 Å². The zero-order valence-electron chi connectivity index (χ0n) is 14.9. The first-order chi connectivity index (χ1) is 11.6. The van der Waals surface area contributed by atoms with Crippen molar-refractivity contribution in [3.63, 3.8) is 0 Å². The molecule has 25 heavy (non-hydrogen) atoms. The van der Waals surface area contributed by atoms with Crippen molar-refractivity contribution in [1.29, 1.82) is 0 Å². The minimum Gasteiger partial charge on any atom is -0.465 e. The summed E-state index contributed by atoms with van der Waals surface area (Å²) < 4.78 is 17.3. The summed E-state index contributed by atoms with van der Waals surface area (Å²) >= 11 is 0. The second kappa shape index (κ2) is 5.89. The van der Waals surface area contributed by atoms with Crippen LogP contribution in [-0.2, 0) is 9.31 Å². The molecule has 1 aliphatic heterocycles. The quantitative estimate of drug-likeness (QED) is 0.832. The maximum Gasteiger partial charge on any atom is 0.494 e. The molecule has 2 heterocycles. The number of anilines is 1. The third kappa shape index (κ3) is 3.15. The minimum atomic E-state index is -1.17. The molecule has 0 aliphatic carbocycles. The zero-order chi connectivity index (χ0) is 18.4. The van der Waals surface area contributed by atoms with E-state index in [2.05, 4.69) is 10.5 Å². The molecule has 1 aliphatic rings. The molecule has 1 aromatic carbocycles. The van der Waals surface area contributed by atoms with Crippen LogP contribution in [-0.4, -0.2) is 34.7 Å². The standard InChI is InChI=1S/C17H21BN2O5/c1-10-13(19-15(21)22)14(23-20-10)11-6-8-12(9-7-11)18-24-16(2,3)17(4,5)25-18/h6-9,19H,1-5H3,(H,21,22). The summed E-state index contributed by atoms with van der Waals surface area (Å²) in [6.07, 6.45) is -1.17. The highest BCUT2D eigenvalue weighted by atomic mass is 16.7. The number of nitrogens with zero attached hydrogens (tertiary/aromatic N) is 1. The highest BCUT2D eigenvalue weighted by molar-refractivity contribution is 6.62. The summed E-state index contributed by atoms with van der Waals surface area (Å²) in [5.41, 5.74) is 1.60. The summed E-state index contributed by atoms with van der Waals surface area (Å²) in [6, 6.07) is 7.40. The lowest BCUT2D eigenvalue weighted by Crippen LogP contribution is -2.41. The predicted molar refractivity (Wildman–Crippen MR) is 94.0 cm³/mol. The van der Waals surface area contributed by atoms with Crippen LogP contribution in [0.2, 0.25) is 0 Å². The predicted octanol–water partition coefficient (Wildman–Crippen LogP) is 3.04. The fourth-order valence-corrected chi connectivity index (χ4v) is 2.59. The van der Waals surface area contributed by atoms with Crippen LogP contribution < -0.4 is 10.8 Å². The van der Waals surface area contributed by atoms with Gasteiger partial charge in [-0.25, -0.2) is 4.79 Å². The first-order valence-corrected chi connectivity index (χ1v) is 8.03. The highest BCUT2D eigenvalue weighted by Crippen LogP contribution is 2.37. The molecule has 0 atom stereocenters. The smallest absolute Gasteiger partial charge is 0.465 e. The number of hydrogen-bond acceptors (Lipinski definition) is 5. The molecule has 2 N–H and O–H groups in total. The Morgan fingerprint density at radius 3 is 2.20 bits per heavy atom. The van der Waals surface area contributed by atoms with Crippen LogP contribution in [0.4, 0.5) is 10.5 Å². The van der Waals surface area contributed by atoms with Crippen molar-refractivity contribution in [2.24, 2.45) is 0 Å². The molecule has 0 unspecified atom stereocenters. The molecule has 7 nitrogen and oxygen atoms in total. The number of nitrogens with one attached hydrogen (secondary N) is 1. The van der Waals surface area contributed by atoms with Crippen molar-refractivity contribution < 1.29 is 23.7 Å². The lowest BCUT2D eigenvalue weighted by Gasteiger charge is -2.32. The van der Waals surface area contributed by atoms with Crippen molar-refractivity contribution in [3.05, 3.63) is 30.0 Å². The molecule has 0 saturated carbocycles. The molecule has 0 bridgehead atoms. The van der Waals surface area contributed by atoms with E-state index in [9.17, 15) is 4.79 Å². The Kier molecular flexibility index (Phi) is 4.13. The highest BCUT2D eigenvalue weighted by Gasteiger charge is 2.51. The first kappa shape index (κ1) is 17.5. The van der Waals surface area contributed by atoms with Gasteiger partial charge < -0.3 is 18.9 Å². The second-order valence-electron chi connectivity index (χ2n) is 7.11. The average molecular weight is 344 g/mol. The van der Waals surface area contributed by atoms with Gasteiger partial charge in [0.2, 0.25) is 0 Å². The maximum absolute atomic E-state index is 10.9. The summed E-state index contributed by atoms with van der Waals surface area (Å²) in [5.74, 6) is 0.375. The van der Waals surface area contributed by atoms with Crippen LogP contribution in [0.5, 0.6) is 0 Å². The van der Waals surface area contributed by atoms with Crippen molar-refractivity contribution in [1.82, 2.24) is 5.16 Å². The Hall–Kier alpha value is -2.32. The number of hydrogen-bond donors (Lipinski definition) is 2. The number of rotatable bonds is 3. The van der Waals surface area contributed by atoms with Crippen molar-refractivity contribution in [2.45, 2.75) is 45.8 Å². The Bertz CT molecular complexity index is 782. The van der Waals surface area contributed by atoms with E-state index in [0.29, 0.717) is 22.7 Å². The van der Waals surface area contributed by atoms with Gasteiger partial charge in [0.1, 0.15) is 11.4 Å². The zero-order valence-corrected chi connectivity index (χ0v) is 14.9. The van der Waals surface area contributed by atoms with Crippen molar-refractivity contribution >= 4 is 24.4 Å². The molecular weight excluding hydrogens is 323 g/mol. The number of amides is 1. The van der Waals surface area contributed by atoms with Crippen LogP contribution in [0.3, 0.4) is 0 Å². The van der Waals surface area contributed by atoms with Gasteiger partial charge in [0.15, 0.2) is 5.76 Å². The van der Waals surface area contributed by atoms with E-state index < -0.39 is 24.4 Å². The van der Waals surface area contributed by atoms with Gasteiger partial charge in [0.25, 0.3) is 0 Å². The number of carbonyl (C=O) groups is 1. The van der Waals surface area contributed by atoms with Crippen LogP contribution in [0, 0.1) is 6.92 Å². The molecule has 1 aromatic heterocycles. The van der Waals surface area contributed by atoms with E-state index >= 15 is 0 Å². The summed E-state index contributed by atoms with van der Waals surface area (Å²) in [5, 5.41) is 15.1. The maximum atomic E-state index is 10.9. The Morgan fingerprint density at radius 1 is 1.12 bits per heavy atom. The van der Waals surface area contributed by atoms with Gasteiger partial charge >= 0.3 is 13.2 Å². The lowest BCUT2D eigenvalue weighted by molar-refractivity contribution is 0.00578. The number of aryl methyl sites for hydroxylation is 1. The largest absolute Gasteiger partial charge is 0.494 e. The fraction of sp³-hybridized carbons (Fsp3) is 0.412. The van der Waals surface area contributed by atoms with E-state index in [4.69, 9.17) is 18.9 Å². The van der Waals surface area contributed by atoms with Crippen molar-refractivity contribution in [3.8, 4) is 11.3 Å². The molecule has 132 valence electrons. The lowest BCUT2D eigenvalue weighted by atomic mass is 9.79. The normalized spacial score (nSPS) is 18.4. The molecule has 1 saturated heterocycles. The third-order valence-corrected chi connectivity index (χ3v) is 4.79. The molecular formula is C17H21BN2O5. The molecule has 0 spiro atoms. The monoisotopic (exact) mass is 344 g/mol. The van der Waals surface area contributed by atoms with E-state index in [1.807, 2.05) is 52.0 Å². The second-order valence-corrected chi connectivity index (χ2v) is 7.11. The molecule has 2 aromatic rings. The van der Waals surface area contributed by atoms with E-state index in [1.54, 1.807) is 6.92 Å². The Morgan fingerprint density at radius 2 is 1.68 bits per heavy atom. The fourth-order valence-electron chi connectivity index (χ4n) is 2.59. The van der Waals surface area contributed by atoms with E-state index in [0.717, 1.165) is 5.46 Å². The summed E-state index contributed by atoms with van der Waals surface area (Å²) in [6.45, 7) is 9.69. The molecule has 0 radical (unpaired) electrons. The minimum absolute atomic E-state index is 0.343. The van der Waals surface area contributed by atoms with Crippen LogP contribution >= 0.6 is 0 Å². The third-order valence-electron chi connectivity index (χ3n) is 4.79. The molecule has 3 rings (SSSR count). The van der Waals surface area contributed by atoms with Crippen LogP contribution in [0.15, 0.2) is 28.8 Å². The van der Waals surface area contributed by atoms with Gasteiger partial charge in [-0.05, 0) is 40.1 Å². The van der Waals surface area contributed by atoms with Gasteiger partial charge in [-0.1, -0.05) is 29.4 Å². The SMILES string of the molecule is Cc1noc(-c2ccc(B3OC(C)(C)C(C)(C)O3)cc2)c1NC(=O)O.